The molecule has 0 heterocycles. The molecule has 2 aliphatic rings. The molecule has 0 unspecified atom stereocenters. The van der Waals surface area contributed by atoms with E-state index in [2.05, 4.69) is 12.2 Å². The monoisotopic (exact) mass is 285 g/mol. The first-order chi connectivity index (χ1) is 9.90. The Morgan fingerprint density at radius 3 is 2.48 bits per heavy atom. The fraction of sp³-hybridized carbons (Fsp3) is 0.556. The van der Waals surface area contributed by atoms with Gasteiger partial charge in [-0.25, -0.2) is 0 Å². The fourth-order valence-electron chi connectivity index (χ4n) is 4.05. The summed E-state index contributed by atoms with van der Waals surface area (Å²) in [6.45, 7) is 6.08. The maximum Gasteiger partial charge on any atom is 0.238 e. The molecule has 1 aromatic rings. The number of hydrogen-bond acceptors (Lipinski definition) is 2. The number of carbonyl (C=O) groups excluding carboxylic acids is 2. The number of benzene rings is 1. The summed E-state index contributed by atoms with van der Waals surface area (Å²) in [5, 5.41) is 2.96. The molecule has 2 saturated carbocycles. The van der Waals surface area contributed by atoms with Crippen LogP contribution in [0, 0.1) is 16.7 Å². The van der Waals surface area contributed by atoms with Crippen molar-refractivity contribution in [2.45, 2.75) is 46.5 Å². The first-order valence-electron chi connectivity index (χ1n) is 7.85. The largest absolute Gasteiger partial charge is 0.325 e. The second kappa shape index (κ2) is 4.69. The second-order valence-electron chi connectivity index (χ2n) is 7.08. The van der Waals surface area contributed by atoms with Crippen molar-refractivity contribution in [2.24, 2.45) is 16.7 Å². The van der Waals surface area contributed by atoms with Crippen LogP contribution >= 0.6 is 0 Å². The van der Waals surface area contributed by atoms with E-state index in [-0.39, 0.29) is 17.1 Å². The number of aryl methyl sites for hydroxylation is 1. The molecule has 21 heavy (non-hydrogen) atoms. The van der Waals surface area contributed by atoms with Gasteiger partial charge in [-0.1, -0.05) is 32.9 Å². The number of amides is 1. The SMILES string of the molecule is CCc1ccc(NC(=O)[C@@]23CC[C@@H](C2)C(C)(C)C3=O)cc1. The van der Waals surface area contributed by atoms with Crippen molar-refractivity contribution in [2.75, 3.05) is 5.32 Å². The third kappa shape index (κ3) is 2.02. The van der Waals surface area contributed by atoms with Gasteiger partial charge in [-0.3, -0.25) is 9.59 Å². The molecular formula is C18H23NO2. The van der Waals surface area contributed by atoms with E-state index in [0.717, 1.165) is 24.9 Å². The number of hydrogen-bond donors (Lipinski definition) is 1. The maximum atomic E-state index is 12.7. The molecule has 2 fully saturated rings. The normalized spacial score (nSPS) is 29.7. The van der Waals surface area contributed by atoms with Crippen LogP contribution in [0.5, 0.6) is 0 Å². The molecule has 2 aliphatic carbocycles. The van der Waals surface area contributed by atoms with E-state index in [0.29, 0.717) is 12.3 Å². The smallest absolute Gasteiger partial charge is 0.238 e. The number of carbonyl (C=O) groups is 2. The number of fused-ring (bicyclic) bond motifs is 2. The number of nitrogens with one attached hydrogen (secondary N) is 1. The molecule has 0 aliphatic heterocycles. The van der Waals surface area contributed by atoms with Gasteiger partial charge in [-0.2, -0.15) is 0 Å². The van der Waals surface area contributed by atoms with Gasteiger partial charge in [0.05, 0.1) is 0 Å². The van der Waals surface area contributed by atoms with Gasteiger partial charge in [0.2, 0.25) is 5.91 Å². The Kier molecular flexibility index (Phi) is 3.19. The molecule has 3 nitrogen and oxygen atoms in total. The van der Waals surface area contributed by atoms with Gasteiger partial charge >= 0.3 is 0 Å². The molecule has 2 atom stereocenters. The summed E-state index contributed by atoms with van der Waals surface area (Å²) in [5.41, 5.74) is 0.900. The standard InChI is InChI=1S/C18H23NO2/c1-4-12-5-7-14(8-6-12)19-16(21)18-10-9-13(11-18)17(2,3)15(18)20/h5-8,13H,4,9-11H2,1-3H3,(H,19,21)/t13-,18-/m0/s1. The quantitative estimate of drug-likeness (QED) is 0.863. The molecule has 0 spiro atoms. The lowest BCUT2D eigenvalue weighted by atomic mass is 9.70. The molecule has 1 N–H and O–H groups in total. The van der Waals surface area contributed by atoms with Crippen LogP contribution in [0.25, 0.3) is 0 Å². The van der Waals surface area contributed by atoms with Gasteiger partial charge in [0.25, 0.3) is 0 Å². The number of rotatable bonds is 3. The Morgan fingerprint density at radius 2 is 1.95 bits per heavy atom. The minimum absolute atomic E-state index is 0.107. The van der Waals surface area contributed by atoms with E-state index in [1.165, 1.54) is 5.56 Å². The van der Waals surface area contributed by atoms with Crippen LogP contribution in [0.3, 0.4) is 0 Å². The van der Waals surface area contributed by atoms with Crippen molar-refractivity contribution >= 4 is 17.4 Å². The number of Topliss-reactive ketones (excluding diaryl/α,β-unsaturated/α-hetero) is 1. The van der Waals surface area contributed by atoms with Crippen molar-refractivity contribution in [1.29, 1.82) is 0 Å². The summed E-state index contributed by atoms with van der Waals surface area (Å²) >= 11 is 0. The van der Waals surface area contributed by atoms with Crippen molar-refractivity contribution in [3.05, 3.63) is 29.8 Å². The summed E-state index contributed by atoms with van der Waals surface area (Å²) in [6, 6.07) is 7.88. The molecule has 1 amide bonds. The first-order valence-corrected chi connectivity index (χ1v) is 7.85. The van der Waals surface area contributed by atoms with E-state index >= 15 is 0 Å². The lowest BCUT2D eigenvalue weighted by Gasteiger charge is -2.32. The fourth-order valence-corrected chi connectivity index (χ4v) is 4.05. The highest BCUT2D eigenvalue weighted by Crippen LogP contribution is 2.60. The average molecular weight is 285 g/mol. The van der Waals surface area contributed by atoms with Crippen molar-refractivity contribution < 1.29 is 9.59 Å². The number of ketones is 1. The number of anilines is 1. The van der Waals surface area contributed by atoms with Gasteiger partial charge < -0.3 is 5.32 Å². The lowest BCUT2D eigenvalue weighted by molar-refractivity contribution is -0.142. The molecule has 2 bridgehead atoms. The predicted molar refractivity (Wildman–Crippen MR) is 83.0 cm³/mol. The Morgan fingerprint density at radius 1 is 1.29 bits per heavy atom. The van der Waals surface area contributed by atoms with E-state index < -0.39 is 5.41 Å². The summed E-state index contributed by atoms with van der Waals surface area (Å²) in [7, 11) is 0. The maximum absolute atomic E-state index is 12.7. The van der Waals surface area contributed by atoms with Gasteiger partial charge in [0.15, 0.2) is 5.78 Å². The van der Waals surface area contributed by atoms with Crippen LogP contribution in [0.1, 0.15) is 45.6 Å². The third-order valence-electron chi connectivity index (χ3n) is 5.61. The lowest BCUT2D eigenvalue weighted by Crippen LogP contribution is -2.44. The van der Waals surface area contributed by atoms with Crippen LogP contribution < -0.4 is 5.32 Å². The van der Waals surface area contributed by atoms with Crippen LogP contribution in [0.2, 0.25) is 0 Å². The second-order valence-corrected chi connectivity index (χ2v) is 7.08. The van der Waals surface area contributed by atoms with Crippen LogP contribution in [0.15, 0.2) is 24.3 Å². The Labute approximate surface area is 126 Å². The highest BCUT2D eigenvalue weighted by molar-refractivity contribution is 6.15. The molecule has 3 rings (SSSR count). The zero-order valence-corrected chi connectivity index (χ0v) is 13.0. The van der Waals surface area contributed by atoms with Crippen molar-refractivity contribution in [1.82, 2.24) is 0 Å². The summed E-state index contributed by atoms with van der Waals surface area (Å²) in [6.07, 6.45) is 3.39. The molecular weight excluding hydrogens is 262 g/mol. The van der Waals surface area contributed by atoms with E-state index in [4.69, 9.17) is 0 Å². The Bertz CT molecular complexity index is 588. The van der Waals surface area contributed by atoms with Crippen molar-refractivity contribution in [3.63, 3.8) is 0 Å². The van der Waals surface area contributed by atoms with E-state index in [1.54, 1.807) is 0 Å². The van der Waals surface area contributed by atoms with Gasteiger partial charge in [-0.15, -0.1) is 0 Å². The van der Waals surface area contributed by atoms with Gasteiger partial charge in [0, 0.05) is 11.1 Å². The highest BCUT2D eigenvalue weighted by Gasteiger charge is 2.64. The average Bonchev–Trinajstić information content (AvgIpc) is 3.00. The first kappa shape index (κ1) is 14.3. The molecule has 0 saturated heterocycles. The summed E-state index contributed by atoms with van der Waals surface area (Å²) in [5.74, 6) is 0.386. The zero-order chi connectivity index (χ0) is 15.3. The Balaban J connectivity index is 1.81. The van der Waals surface area contributed by atoms with Crippen LogP contribution in [-0.4, -0.2) is 11.7 Å². The molecule has 1 aromatic carbocycles. The topological polar surface area (TPSA) is 46.2 Å². The predicted octanol–water partition coefficient (Wildman–Crippen LogP) is 3.58. The minimum Gasteiger partial charge on any atom is -0.325 e. The van der Waals surface area contributed by atoms with Crippen molar-refractivity contribution in [3.8, 4) is 0 Å². The Hall–Kier alpha value is -1.64. The van der Waals surface area contributed by atoms with Gasteiger partial charge in [0.1, 0.15) is 5.41 Å². The summed E-state index contributed by atoms with van der Waals surface area (Å²) < 4.78 is 0. The third-order valence-corrected chi connectivity index (χ3v) is 5.61. The molecule has 0 aromatic heterocycles. The highest BCUT2D eigenvalue weighted by atomic mass is 16.2. The molecule has 0 radical (unpaired) electrons. The summed E-state index contributed by atoms with van der Waals surface area (Å²) in [4.78, 5) is 25.4. The van der Waals surface area contributed by atoms with E-state index in [9.17, 15) is 9.59 Å². The van der Waals surface area contributed by atoms with Crippen LogP contribution in [-0.2, 0) is 16.0 Å². The molecule has 112 valence electrons. The van der Waals surface area contributed by atoms with E-state index in [1.807, 2.05) is 38.1 Å². The molecule has 3 heteroatoms. The zero-order valence-electron chi connectivity index (χ0n) is 13.0. The minimum atomic E-state index is -0.780. The van der Waals surface area contributed by atoms with Gasteiger partial charge in [-0.05, 0) is 49.3 Å². The van der Waals surface area contributed by atoms with Crippen LogP contribution in [0.4, 0.5) is 5.69 Å².